The van der Waals surface area contributed by atoms with E-state index in [4.69, 9.17) is 4.74 Å². The average Bonchev–Trinajstić information content (AvgIpc) is 3.23. The summed E-state index contributed by atoms with van der Waals surface area (Å²) < 4.78 is 84.8. The number of aromatic amines is 1. The number of ether oxygens (including phenoxy) is 1. The van der Waals surface area contributed by atoms with Crippen molar-refractivity contribution in [1.82, 2.24) is 14.5 Å². The smallest absolute Gasteiger partial charge is 0.483 e. The molecule has 0 unspecified atom stereocenters. The standard InChI is InChI=1S/C24H14F4N4O5S/c1-32-19-6-16(13-5-14(10-30-9-13)37-38(28,34)35)20(36-11-24(25,26)27)7-17(19)22(33)21-15-3-2-12(8-29)4-18(15)31-23(21)32/h2-7,9-10,31H,11H2,1H3. The zero-order valence-electron chi connectivity index (χ0n) is 19.1. The van der Waals surface area contributed by atoms with Crippen molar-refractivity contribution < 1.29 is 34.4 Å². The van der Waals surface area contributed by atoms with Crippen molar-refractivity contribution in [2.75, 3.05) is 6.61 Å². The predicted octanol–water partition coefficient (Wildman–Crippen LogP) is 4.64. The van der Waals surface area contributed by atoms with E-state index in [1.165, 1.54) is 12.3 Å². The van der Waals surface area contributed by atoms with Crippen LogP contribution < -0.4 is 14.3 Å². The van der Waals surface area contributed by atoms with Gasteiger partial charge in [-0.2, -0.15) is 26.9 Å². The third-order valence-electron chi connectivity index (χ3n) is 5.79. The second kappa shape index (κ2) is 8.73. The lowest BCUT2D eigenvalue weighted by Gasteiger charge is -2.16. The summed E-state index contributed by atoms with van der Waals surface area (Å²) in [5, 5.41) is 10.0. The molecule has 0 aliphatic rings. The molecular weight excluding hydrogens is 532 g/mol. The predicted molar refractivity (Wildman–Crippen MR) is 129 cm³/mol. The molecule has 9 nitrogen and oxygen atoms in total. The van der Waals surface area contributed by atoms with Crippen molar-refractivity contribution in [3.63, 3.8) is 0 Å². The maximum atomic E-state index is 13.6. The van der Waals surface area contributed by atoms with E-state index in [2.05, 4.69) is 14.2 Å². The number of hydrogen-bond acceptors (Lipinski definition) is 7. The lowest BCUT2D eigenvalue weighted by molar-refractivity contribution is -0.153. The monoisotopic (exact) mass is 546 g/mol. The van der Waals surface area contributed by atoms with Gasteiger partial charge in [0.1, 0.15) is 11.4 Å². The van der Waals surface area contributed by atoms with Gasteiger partial charge in [0.2, 0.25) is 0 Å². The Balaban J connectivity index is 1.81. The van der Waals surface area contributed by atoms with Crippen LogP contribution in [-0.2, 0) is 17.6 Å². The maximum Gasteiger partial charge on any atom is 0.488 e. The van der Waals surface area contributed by atoms with Gasteiger partial charge in [0, 0.05) is 35.3 Å². The van der Waals surface area contributed by atoms with Gasteiger partial charge in [0.15, 0.2) is 17.8 Å². The SMILES string of the molecule is Cn1c2cc(-c3cncc(OS(=O)(=O)F)c3)c(OCC(F)(F)F)cc2c(=O)c2c3ccc(C#N)cc3[nH]c21. The first-order valence-corrected chi connectivity index (χ1v) is 12.0. The lowest BCUT2D eigenvalue weighted by Crippen LogP contribution is -2.20. The van der Waals surface area contributed by atoms with Gasteiger partial charge in [-0.3, -0.25) is 9.78 Å². The normalized spacial score (nSPS) is 12.2. The molecule has 0 aliphatic carbocycles. The largest absolute Gasteiger partial charge is 0.488 e. The Morgan fingerprint density at radius 2 is 1.89 bits per heavy atom. The van der Waals surface area contributed by atoms with Crippen LogP contribution in [-0.4, -0.2) is 35.7 Å². The summed E-state index contributed by atoms with van der Waals surface area (Å²) in [6.07, 6.45) is -2.62. The van der Waals surface area contributed by atoms with Crippen molar-refractivity contribution in [1.29, 1.82) is 5.26 Å². The molecule has 38 heavy (non-hydrogen) atoms. The fourth-order valence-corrected chi connectivity index (χ4v) is 4.57. The Morgan fingerprint density at radius 1 is 1.13 bits per heavy atom. The van der Waals surface area contributed by atoms with Crippen LogP contribution in [0.15, 0.2) is 53.6 Å². The van der Waals surface area contributed by atoms with E-state index in [9.17, 15) is 35.5 Å². The van der Waals surface area contributed by atoms with Crippen molar-refractivity contribution in [2.24, 2.45) is 7.05 Å². The molecule has 0 saturated carbocycles. The van der Waals surface area contributed by atoms with Crippen LogP contribution in [0.25, 0.3) is 44.0 Å². The highest BCUT2D eigenvalue weighted by atomic mass is 32.3. The van der Waals surface area contributed by atoms with E-state index in [-0.39, 0.29) is 33.2 Å². The number of aromatic nitrogens is 3. The molecule has 14 heteroatoms. The highest BCUT2D eigenvalue weighted by Crippen LogP contribution is 2.37. The second-order valence-corrected chi connectivity index (χ2v) is 9.22. The lowest BCUT2D eigenvalue weighted by atomic mass is 10.0. The molecule has 2 aromatic carbocycles. The van der Waals surface area contributed by atoms with Crippen molar-refractivity contribution in [2.45, 2.75) is 6.18 Å². The molecule has 5 aromatic rings. The van der Waals surface area contributed by atoms with Crippen molar-refractivity contribution in [3.05, 3.63) is 64.6 Å². The fraction of sp³-hybridized carbons (Fsp3) is 0.125. The first-order chi connectivity index (χ1) is 17.8. The van der Waals surface area contributed by atoms with Gasteiger partial charge >= 0.3 is 16.7 Å². The summed E-state index contributed by atoms with van der Waals surface area (Å²) in [5.74, 6) is -0.875. The number of H-pyrrole nitrogens is 1. The Bertz CT molecular complexity index is 1970. The highest BCUT2D eigenvalue weighted by molar-refractivity contribution is 7.81. The average molecular weight is 546 g/mol. The molecule has 3 aromatic heterocycles. The van der Waals surface area contributed by atoms with Gasteiger partial charge in [-0.1, -0.05) is 9.95 Å². The van der Waals surface area contributed by atoms with Crippen LogP contribution >= 0.6 is 0 Å². The van der Waals surface area contributed by atoms with Crippen LogP contribution in [0.4, 0.5) is 17.1 Å². The van der Waals surface area contributed by atoms with Crippen LogP contribution in [0.5, 0.6) is 11.5 Å². The van der Waals surface area contributed by atoms with Gasteiger partial charge in [0.05, 0.1) is 34.1 Å². The molecule has 0 fully saturated rings. The molecule has 1 N–H and O–H groups in total. The van der Waals surface area contributed by atoms with E-state index in [1.54, 1.807) is 29.8 Å². The quantitative estimate of drug-likeness (QED) is 0.251. The molecule has 3 heterocycles. The maximum absolute atomic E-state index is 13.6. The topological polar surface area (TPSA) is 127 Å². The number of nitrogens with one attached hydrogen (secondary N) is 1. The van der Waals surface area contributed by atoms with Crippen LogP contribution in [0.3, 0.4) is 0 Å². The number of benzene rings is 2. The van der Waals surface area contributed by atoms with Crippen LogP contribution in [0, 0.1) is 11.3 Å². The molecule has 5 rings (SSSR count). The first kappa shape index (κ1) is 25.0. The summed E-state index contributed by atoms with van der Waals surface area (Å²) in [6, 6.07) is 10.3. The number of hydrogen-bond donors (Lipinski definition) is 1. The Morgan fingerprint density at radius 3 is 2.58 bits per heavy atom. The number of nitrogens with zero attached hydrogens (tertiary/aromatic N) is 3. The third-order valence-corrected chi connectivity index (χ3v) is 6.18. The number of rotatable bonds is 5. The second-order valence-electron chi connectivity index (χ2n) is 8.26. The number of aryl methyl sites for hydroxylation is 1. The van der Waals surface area contributed by atoms with Crippen molar-refractivity contribution >= 4 is 43.3 Å². The Hall–Kier alpha value is -4.64. The van der Waals surface area contributed by atoms with E-state index in [0.29, 0.717) is 22.1 Å². The molecule has 194 valence electrons. The van der Waals surface area contributed by atoms with Gasteiger partial charge in [-0.05, 0) is 30.3 Å². The van der Waals surface area contributed by atoms with E-state index in [1.807, 2.05) is 6.07 Å². The summed E-state index contributed by atoms with van der Waals surface area (Å²) in [4.78, 5) is 20.4. The minimum absolute atomic E-state index is 0.00758. The summed E-state index contributed by atoms with van der Waals surface area (Å²) in [5.41, 5.74) is 1.10. The van der Waals surface area contributed by atoms with Crippen molar-refractivity contribution in [3.8, 4) is 28.7 Å². The number of pyridine rings is 2. The van der Waals surface area contributed by atoms with Gasteiger partial charge < -0.3 is 18.5 Å². The molecule has 0 saturated heterocycles. The number of alkyl halides is 3. The minimum atomic E-state index is -5.39. The number of halogens is 4. The summed E-state index contributed by atoms with van der Waals surface area (Å²) in [6.45, 7) is -1.68. The van der Waals surface area contributed by atoms with Crippen LogP contribution in [0.2, 0.25) is 0 Å². The van der Waals surface area contributed by atoms with Crippen LogP contribution in [0.1, 0.15) is 5.56 Å². The van der Waals surface area contributed by atoms with E-state index < -0.39 is 34.5 Å². The summed E-state index contributed by atoms with van der Waals surface area (Å²) >= 11 is 0. The first-order valence-electron chi connectivity index (χ1n) is 10.7. The molecular formula is C24H14F4N4O5S. The molecule has 0 aliphatic heterocycles. The highest BCUT2D eigenvalue weighted by Gasteiger charge is 2.29. The number of nitriles is 1. The van der Waals surface area contributed by atoms with Gasteiger partial charge in [-0.15, -0.1) is 0 Å². The zero-order valence-corrected chi connectivity index (χ0v) is 19.9. The molecule has 0 amide bonds. The minimum Gasteiger partial charge on any atom is -0.483 e. The fourth-order valence-electron chi connectivity index (χ4n) is 4.25. The molecule has 0 bridgehead atoms. The molecule has 0 radical (unpaired) electrons. The Kier molecular flexibility index (Phi) is 5.75. The van der Waals surface area contributed by atoms with Gasteiger partial charge in [0.25, 0.3) is 0 Å². The van der Waals surface area contributed by atoms with E-state index in [0.717, 1.165) is 18.3 Å². The molecule has 0 atom stereocenters. The third kappa shape index (κ3) is 4.59. The van der Waals surface area contributed by atoms with Gasteiger partial charge in [-0.25, -0.2) is 0 Å². The number of fused-ring (bicyclic) bond motifs is 4. The summed E-state index contributed by atoms with van der Waals surface area (Å²) in [7, 11) is -3.77. The van der Waals surface area contributed by atoms with E-state index >= 15 is 0 Å². The molecule has 0 spiro atoms. The zero-order chi connectivity index (χ0) is 27.4. The Labute approximate surface area is 210 Å².